The predicted molar refractivity (Wildman–Crippen MR) is 147 cm³/mol. The van der Waals surface area contributed by atoms with Crippen LogP contribution >= 0.6 is 0 Å². The monoisotopic (exact) mass is 586 g/mol. The topological polar surface area (TPSA) is 207 Å². The summed E-state index contributed by atoms with van der Waals surface area (Å²) in [6.07, 6.45) is 2.36. The number of fused-ring (bicyclic) bond motifs is 1. The van der Waals surface area contributed by atoms with Gasteiger partial charge in [0, 0.05) is 44.4 Å². The number of ether oxygens (including phenoxy) is 2. The molecule has 0 aromatic carbocycles. The van der Waals surface area contributed by atoms with Crippen LogP contribution in [-0.2, 0) is 25.5 Å². The Morgan fingerprint density at radius 1 is 1.14 bits per heavy atom. The maximum Gasteiger partial charge on any atom is 0.409 e. The van der Waals surface area contributed by atoms with Crippen LogP contribution in [0, 0.1) is 11.8 Å². The highest BCUT2D eigenvalue weighted by Crippen LogP contribution is 2.33. The van der Waals surface area contributed by atoms with Gasteiger partial charge >= 0.3 is 6.09 Å². The first-order valence-electron chi connectivity index (χ1n) is 14.8. The molecule has 2 aromatic rings. The number of aryl methyl sites for hydroxylation is 1. The molecular formula is C27H38N8O7. The summed E-state index contributed by atoms with van der Waals surface area (Å²) >= 11 is 0. The molecule has 3 saturated heterocycles. The number of nitrogens with two attached hydrogens (primary N) is 1. The Morgan fingerprint density at radius 2 is 1.93 bits per heavy atom. The molecule has 1 saturated carbocycles. The number of nitrogen functional groups attached to an aromatic ring is 1. The number of carbonyl (C=O) groups excluding carboxylic acids is 3. The molecule has 15 nitrogen and oxygen atoms in total. The van der Waals surface area contributed by atoms with Crippen LogP contribution in [0.4, 0.5) is 10.6 Å². The van der Waals surface area contributed by atoms with Gasteiger partial charge in [0.25, 0.3) is 5.91 Å². The van der Waals surface area contributed by atoms with Crippen LogP contribution in [0.25, 0.3) is 11.2 Å². The van der Waals surface area contributed by atoms with Crippen LogP contribution < -0.4 is 16.4 Å². The number of anilines is 1. The molecule has 228 valence electrons. The van der Waals surface area contributed by atoms with E-state index in [1.807, 2.05) is 0 Å². The first-order valence-corrected chi connectivity index (χ1v) is 14.8. The Labute approximate surface area is 242 Å². The van der Waals surface area contributed by atoms with E-state index in [1.165, 1.54) is 10.9 Å². The Kier molecular flexibility index (Phi) is 8.14. The number of nitrogens with zero attached hydrogens (tertiary/aromatic N) is 5. The van der Waals surface area contributed by atoms with Crippen molar-refractivity contribution >= 4 is 34.9 Å². The summed E-state index contributed by atoms with van der Waals surface area (Å²) < 4.78 is 12.7. The summed E-state index contributed by atoms with van der Waals surface area (Å²) in [5.41, 5.74) is 6.90. The zero-order chi connectivity index (χ0) is 29.4. The van der Waals surface area contributed by atoms with E-state index in [-0.39, 0.29) is 36.4 Å². The predicted octanol–water partition coefficient (Wildman–Crippen LogP) is -0.386. The van der Waals surface area contributed by atoms with Gasteiger partial charge in [-0.15, -0.1) is 0 Å². The fraction of sp³-hybridized carbons (Fsp3) is 0.704. The molecule has 3 amide bonds. The summed E-state index contributed by atoms with van der Waals surface area (Å²) in [4.78, 5) is 51.3. The van der Waals surface area contributed by atoms with E-state index >= 15 is 0 Å². The number of aliphatic hydroxyl groups is 2. The quantitative estimate of drug-likeness (QED) is 0.256. The molecule has 5 atom stereocenters. The van der Waals surface area contributed by atoms with E-state index < -0.39 is 30.4 Å². The van der Waals surface area contributed by atoms with Crippen molar-refractivity contribution in [1.29, 1.82) is 0 Å². The molecule has 5 heterocycles. The zero-order valence-electron chi connectivity index (χ0n) is 23.4. The highest BCUT2D eigenvalue weighted by atomic mass is 16.6. The van der Waals surface area contributed by atoms with Gasteiger partial charge in [-0.1, -0.05) is 0 Å². The van der Waals surface area contributed by atoms with Crippen molar-refractivity contribution in [2.75, 3.05) is 32.0 Å². The SMILES string of the molecule is Nc1nc(CCCC2CCN(C(=O)OCC3CNC(=O)C3)CC2)nc2c1ncn2[C@@H]1O[C@H](C(=O)NC2CC2)C(O)[C@@H]1O. The van der Waals surface area contributed by atoms with Crippen LogP contribution in [0.15, 0.2) is 6.33 Å². The molecule has 6 rings (SSSR count). The summed E-state index contributed by atoms with van der Waals surface area (Å²) in [5, 5.41) is 26.8. The van der Waals surface area contributed by atoms with E-state index in [2.05, 4.69) is 25.6 Å². The lowest BCUT2D eigenvalue weighted by Gasteiger charge is -2.31. The number of likely N-dealkylation sites (tertiary alicyclic amines) is 1. The van der Waals surface area contributed by atoms with Crippen LogP contribution in [0.1, 0.15) is 57.0 Å². The number of imidazole rings is 1. The second-order valence-corrected chi connectivity index (χ2v) is 11.8. The summed E-state index contributed by atoms with van der Waals surface area (Å²) in [5.74, 6) is 0.784. The Balaban J connectivity index is 1.00. The fourth-order valence-electron chi connectivity index (χ4n) is 5.92. The van der Waals surface area contributed by atoms with E-state index in [0.29, 0.717) is 55.4 Å². The van der Waals surface area contributed by atoms with Crippen molar-refractivity contribution in [2.45, 2.75) is 81.9 Å². The standard InChI is InChI=1S/C27H38N8O7/c28-23-19-24(35(13-30-19)26-21(38)20(37)22(42-26)25(39)31-16-4-5-16)33-17(32-23)3-1-2-14-6-8-34(9-7-14)27(40)41-12-15-10-18(36)29-11-15/h13-16,20-22,26,37-38H,1-12H2,(H,29,36)(H,31,39)(H2,28,32,33)/t15?,20?,21-,22-,26+/m0/s1. The lowest BCUT2D eigenvalue weighted by atomic mass is 9.91. The number of rotatable bonds is 9. The van der Waals surface area contributed by atoms with Crippen LogP contribution in [0.2, 0.25) is 0 Å². The minimum atomic E-state index is -1.40. The molecule has 3 aliphatic heterocycles. The third kappa shape index (κ3) is 6.13. The van der Waals surface area contributed by atoms with E-state index in [9.17, 15) is 24.6 Å². The van der Waals surface area contributed by atoms with Crippen LogP contribution in [0.3, 0.4) is 0 Å². The van der Waals surface area contributed by atoms with Crippen molar-refractivity contribution in [2.24, 2.45) is 11.8 Å². The van der Waals surface area contributed by atoms with Gasteiger partial charge in [-0.05, 0) is 44.4 Å². The average Bonchev–Trinajstić information content (AvgIpc) is 3.39. The third-order valence-electron chi connectivity index (χ3n) is 8.58. The van der Waals surface area contributed by atoms with E-state index in [4.69, 9.17) is 15.2 Å². The molecule has 4 fully saturated rings. The number of piperidine rings is 1. The number of hydrogen-bond acceptors (Lipinski definition) is 11. The number of aromatic nitrogens is 4. The second-order valence-electron chi connectivity index (χ2n) is 11.8. The van der Waals surface area contributed by atoms with Gasteiger partial charge in [0.15, 0.2) is 23.8 Å². The van der Waals surface area contributed by atoms with Gasteiger partial charge in [-0.2, -0.15) is 0 Å². The molecule has 15 heteroatoms. The van der Waals surface area contributed by atoms with Gasteiger partial charge in [-0.3, -0.25) is 14.2 Å². The number of aliphatic hydroxyl groups excluding tert-OH is 2. The second kappa shape index (κ2) is 12.0. The normalized spacial score (nSPS) is 28.3. The molecule has 2 aromatic heterocycles. The van der Waals surface area contributed by atoms with Gasteiger partial charge < -0.3 is 41.0 Å². The highest BCUT2D eigenvalue weighted by molar-refractivity contribution is 5.83. The Morgan fingerprint density at radius 3 is 2.64 bits per heavy atom. The Bertz CT molecular complexity index is 1330. The van der Waals surface area contributed by atoms with E-state index in [0.717, 1.165) is 38.5 Å². The van der Waals surface area contributed by atoms with Gasteiger partial charge in [0.2, 0.25) is 5.91 Å². The Hall–Kier alpha value is -3.56. The fourth-order valence-corrected chi connectivity index (χ4v) is 5.92. The van der Waals surface area contributed by atoms with Crippen molar-refractivity contribution in [1.82, 2.24) is 35.1 Å². The molecule has 0 bridgehead atoms. The minimum absolute atomic E-state index is 0.0000373. The zero-order valence-corrected chi connectivity index (χ0v) is 23.4. The third-order valence-corrected chi connectivity index (χ3v) is 8.58. The molecule has 2 unspecified atom stereocenters. The van der Waals surface area contributed by atoms with Crippen molar-refractivity contribution in [3.05, 3.63) is 12.2 Å². The number of hydrogen-bond donors (Lipinski definition) is 5. The molecule has 0 radical (unpaired) electrons. The van der Waals surface area contributed by atoms with Gasteiger partial charge in [0.1, 0.15) is 23.5 Å². The minimum Gasteiger partial charge on any atom is -0.449 e. The molecular weight excluding hydrogens is 548 g/mol. The summed E-state index contributed by atoms with van der Waals surface area (Å²) in [6, 6.07) is 0.0935. The lowest BCUT2D eigenvalue weighted by Crippen LogP contribution is -2.43. The van der Waals surface area contributed by atoms with Crippen molar-refractivity contribution in [3.8, 4) is 0 Å². The lowest BCUT2D eigenvalue weighted by molar-refractivity contribution is -0.137. The number of amides is 3. The molecule has 4 aliphatic rings. The molecule has 0 spiro atoms. The highest BCUT2D eigenvalue weighted by Gasteiger charge is 2.48. The number of nitrogens with one attached hydrogen (secondary N) is 2. The van der Waals surface area contributed by atoms with Crippen LogP contribution in [0.5, 0.6) is 0 Å². The molecule has 42 heavy (non-hydrogen) atoms. The first-order chi connectivity index (χ1) is 20.3. The maximum atomic E-state index is 12.5. The largest absolute Gasteiger partial charge is 0.449 e. The number of carbonyl (C=O) groups is 3. The van der Waals surface area contributed by atoms with Crippen molar-refractivity contribution < 1.29 is 34.1 Å². The smallest absolute Gasteiger partial charge is 0.409 e. The van der Waals surface area contributed by atoms with Gasteiger partial charge in [-0.25, -0.2) is 19.7 Å². The van der Waals surface area contributed by atoms with Crippen molar-refractivity contribution in [3.63, 3.8) is 0 Å². The van der Waals surface area contributed by atoms with Gasteiger partial charge in [0.05, 0.1) is 12.9 Å². The summed E-state index contributed by atoms with van der Waals surface area (Å²) in [7, 11) is 0. The maximum absolute atomic E-state index is 12.5. The molecule has 1 aliphatic carbocycles. The average molecular weight is 587 g/mol. The van der Waals surface area contributed by atoms with Crippen LogP contribution in [-0.4, -0.2) is 103 Å². The van der Waals surface area contributed by atoms with E-state index in [1.54, 1.807) is 4.90 Å². The molecule has 6 N–H and O–H groups in total. The summed E-state index contributed by atoms with van der Waals surface area (Å²) in [6.45, 7) is 2.08. The first kappa shape index (κ1) is 28.6.